The lowest BCUT2D eigenvalue weighted by molar-refractivity contribution is 0.0705. The summed E-state index contributed by atoms with van der Waals surface area (Å²) in [5.41, 5.74) is 0.795. The van der Waals surface area contributed by atoms with E-state index in [2.05, 4.69) is 4.98 Å². The van der Waals surface area contributed by atoms with Gasteiger partial charge in [-0.05, 0) is 11.6 Å². The quantitative estimate of drug-likeness (QED) is 0.770. The van der Waals surface area contributed by atoms with Crippen molar-refractivity contribution in [3.63, 3.8) is 0 Å². The number of ether oxygens (including phenoxy) is 1. The van der Waals surface area contributed by atoms with Crippen LogP contribution in [0.5, 0.6) is 0 Å². The molecule has 0 spiro atoms. The number of morpholine rings is 1. The van der Waals surface area contributed by atoms with Crippen LogP contribution in [-0.2, 0) is 21.5 Å². The van der Waals surface area contributed by atoms with E-state index < -0.39 is 10.2 Å². The van der Waals surface area contributed by atoms with E-state index in [-0.39, 0.29) is 6.54 Å². The molecule has 19 heavy (non-hydrogen) atoms. The summed E-state index contributed by atoms with van der Waals surface area (Å²) in [5.74, 6) is 0. The van der Waals surface area contributed by atoms with E-state index in [4.69, 9.17) is 16.3 Å². The lowest BCUT2D eigenvalue weighted by Crippen LogP contribution is -2.47. The maximum Gasteiger partial charge on any atom is 0.282 e. The Balaban J connectivity index is 2.05. The smallest absolute Gasteiger partial charge is 0.282 e. The third kappa shape index (κ3) is 3.64. The van der Waals surface area contributed by atoms with Crippen LogP contribution in [0.4, 0.5) is 0 Å². The second-order valence-corrected chi connectivity index (χ2v) is 6.69. The summed E-state index contributed by atoms with van der Waals surface area (Å²) in [4.78, 5) is 3.94. The fourth-order valence-corrected chi connectivity index (χ4v) is 3.24. The maximum atomic E-state index is 12.3. The highest BCUT2D eigenvalue weighted by atomic mass is 35.5. The number of hydrogen-bond donors (Lipinski definition) is 0. The molecule has 1 aromatic rings. The van der Waals surface area contributed by atoms with Gasteiger partial charge in [-0.3, -0.25) is 0 Å². The summed E-state index contributed by atoms with van der Waals surface area (Å²) in [6.07, 6.45) is 1.58. The highest BCUT2D eigenvalue weighted by Gasteiger charge is 2.28. The van der Waals surface area contributed by atoms with Crippen molar-refractivity contribution in [2.24, 2.45) is 0 Å². The first-order valence-corrected chi connectivity index (χ1v) is 7.67. The van der Waals surface area contributed by atoms with Gasteiger partial charge in [-0.1, -0.05) is 17.7 Å². The number of halogens is 1. The SMILES string of the molecule is CN(Cc1ccc(Cl)nc1)S(=O)(=O)N1CCOCC1. The van der Waals surface area contributed by atoms with Crippen molar-refractivity contribution < 1.29 is 13.2 Å². The van der Waals surface area contributed by atoms with Gasteiger partial charge in [0.15, 0.2) is 0 Å². The molecule has 0 aliphatic carbocycles. The molecular weight excluding hydrogens is 290 g/mol. The molecule has 0 saturated carbocycles. The van der Waals surface area contributed by atoms with Crippen molar-refractivity contribution >= 4 is 21.8 Å². The summed E-state index contributed by atoms with van der Waals surface area (Å²) in [7, 11) is -1.89. The van der Waals surface area contributed by atoms with Crippen LogP contribution in [0, 0.1) is 0 Å². The third-order valence-electron chi connectivity index (χ3n) is 2.88. The molecule has 2 rings (SSSR count). The van der Waals surface area contributed by atoms with Crippen molar-refractivity contribution in [1.82, 2.24) is 13.6 Å². The number of rotatable bonds is 4. The molecule has 2 heterocycles. The Morgan fingerprint density at radius 1 is 1.42 bits per heavy atom. The maximum absolute atomic E-state index is 12.3. The van der Waals surface area contributed by atoms with Crippen LogP contribution in [0.3, 0.4) is 0 Å². The topological polar surface area (TPSA) is 62.7 Å². The highest BCUT2D eigenvalue weighted by Crippen LogP contribution is 2.13. The summed E-state index contributed by atoms with van der Waals surface area (Å²) in [6, 6.07) is 3.41. The summed E-state index contributed by atoms with van der Waals surface area (Å²) < 4.78 is 32.5. The van der Waals surface area contributed by atoms with Gasteiger partial charge in [-0.25, -0.2) is 4.98 Å². The Morgan fingerprint density at radius 2 is 2.11 bits per heavy atom. The van der Waals surface area contributed by atoms with Gasteiger partial charge in [-0.2, -0.15) is 17.0 Å². The average molecular weight is 306 g/mol. The van der Waals surface area contributed by atoms with Crippen molar-refractivity contribution in [2.45, 2.75) is 6.54 Å². The van der Waals surface area contributed by atoms with Gasteiger partial charge in [0.05, 0.1) is 13.2 Å². The molecule has 1 saturated heterocycles. The van der Waals surface area contributed by atoms with Crippen LogP contribution < -0.4 is 0 Å². The Kier molecular flexibility index (Phi) is 4.75. The minimum atomic E-state index is -3.44. The van der Waals surface area contributed by atoms with Crippen LogP contribution in [0.25, 0.3) is 0 Å². The van der Waals surface area contributed by atoms with Gasteiger partial charge in [-0.15, -0.1) is 0 Å². The van der Waals surface area contributed by atoms with Gasteiger partial charge in [0, 0.05) is 32.9 Å². The second kappa shape index (κ2) is 6.15. The number of hydrogen-bond acceptors (Lipinski definition) is 4. The standard InChI is InChI=1S/C11H16ClN3O3S/c1-14(9-10-2-3-11(12)13-8-10)19(16,17)15-4-6-18-7-5-15/h2-3,8H,4-7,9H2,1H3. The van der Waals surface area contributed by atoms with Crippen LogP contribution in [0.2, 0.25) is 5.15 Å². The molecule has 0 aromatic carbocycles. The van der Waals surface area contributed by atoms with Gasteiger partial charge in [0.25, 0.3) is 10.2 Å². The minimum absolute atomic E-state index is 0.268. The zero-order chi connectivity index (χ0) is 13.9. The molecule has 0 radical (unpaired) electrons. The first kappa shape index (κ1) is 14.7. The van der Waals surface area contributed by atoms with E-state index in [0.29, 0.717) is 31.5 Å². The first-order valence-electron chi connectivity index (χ1n) is 5.90. The molecule has 0 unspecified atom stereocenters. The number of nitrogens with zero attached hydrogens (tertiary/aromatic N) is 3. The second-order valence-electron chi connectivity index (χ2n) is 4.26. The minimum Gasteiger partial charge on any atom is -0.379 e. The van der Waals surface area contributed by atoms with Crippen molar-refractivity contribution in [3.05, 3.63) is 29.0 Å². The van der Waals surface area contributed by atoms with E-state index in [1.165, 1.54) is 8.61 Å². The highest BCUT2D eigenvalue weighted by molar-refractivity contribution is 7.86. The monoisotopic (exact) mass is 305 g/mol. The van der Waals surface area contributed by atoms with E-state index >= 15 is 0 Å². The van der Waals surface area contributed by atoms with E-state index in [1.807, 2.05) is 0 Å². The molecule has 1 aliphatic heterocycles. The Morgan fingerprint density at radius 3 is 2.68 bits per heavy atom. The lowest BCUT2D eigenvalue weighted by atomic mass is 10.3. The molecule has 0 N–H and O–H groups in total. The normalized spacial score (nSPS) is 17.8. The van der Waals surface area contributed by atoms with Gasteiger partial charge >= 0.3 is 0 Å². The molecule has 0 atom stereocenters. The predicted octanol–water partition coefficient (Wildman–Crippen LogP) is 0.744. The van der Waals surface area contributed by atoms with Crippen LogP contribution in [0.1, 0.15) is 5.56 Å². The molecule has 1 aromatic heterocycles. The molecule has 6 nitrogen and oxygen atoms in total. The van der Waals surface area contributed by atoms with E-state index in [9.17, 15) is 8.42 Å². The predicted molar refractivity (Wildman–Crippen MR) is 72.0 cm³/mol. The molecule has 1 fully saturated rings. The fourth-order valence-electron chi connectivity index (χ4n) is 1.81. The molecular formula is C11H16ClN3O3S. The largest absolute Gasteiger partial charge is 0.379 e. The number of aromatic nitrogens is 1. The molecule has 1 aliphatic rings. The summed E-state index contributed by atoms with van der Waals surface area (Å²) in [5, 5.41) is 0.391. The van der Waals surface area contributed by atoms with E-state index in [0.717, 1.165) is 5.56 Å². The zero-order valence-electron chi connectivity index (χ0n) is 10.6. The van der Waals surface area contributed by atoms with Crippen molar-refractivity contribution in [2.75, 3.05) is 33.4 Å². The van der Waals surface area contributed by atoms with Crippen molar-refractivity contribution in [1.29, 1.82) is 0 Å². The van der Waals surface area contributed by atoms with Crippen LogP contribution in [-0.4, -0.2) is 55.4 Å². The average Bonchev–Trinajstić information content (AvgIpc) is 2.42. The van der Waals surface area contributed by atoms with Gasteiger partial charge in [0.2, 0.25) is 0 Å². The van der Waals surface area contributed by atoms with Crippen LogP contribution >= 0.6 is 11.6 Å². The number of pyridine rings is 1. The molecule has 0 amide bonds. The third-order valence-corrected chi connectivity index (χ3v) is 5.04. The van der Waals surface area contributed by atoms with Crippen LogP contribution in [0.15, 0.2) is 18.3 Å². The van der Waals surface area contributed by atoms with Crippen molar-refractivity contribution in [3.8, 4) is 0 Å². The van der Waals surface area contributed by atoms with E-state index in [1.54, 1.807) is 25.4 Å². The molecule has 0 bridgehead atoms. The summed E-state index contributed by atoms with van der Waals surface area (Å²) in [6.45, 7) is 1.94. The lowest BCUT2D eigenvalue weighted by Gasteiger charge is -2.30. The zero-order valence-corrected chi connectivity index (χ0v) is 12.2. The molecule has 8 heteroatoms. The Hall–Kier alpha value is -0.730. The molecule has 106 valence electrons. The first-order chi connectivity index (χ1) is 9.00. The Labute approximate surface area is 118 Å². The van der Waals surface area contributed by atoms with Gasteiger partial charge < -0.3 is 4.74 Å². The fraction of sp³-hybridized carbons (Fsp3) is 0.545. The summed E-state index contributed by atoms with van der Waals surface area (Å²) >= 11 is 5.69. The van der Waals surface area contributed by atoms with Gasteiger partial charge in [0.1, 0.15) is 5.15 Å². The Bertz CT molecular complexity index is 514.